The molecule has 0 bridgehead atoms. The fraction of sp³-hybridized carbons (Fsp3) is 0.636. The van der Waals surface area contributed by atoms with E-state index in [4.69, 9.17) is 0 Å². The molecule has 1 fully saturated rings. The molecule has 2 heterocycles. The third-order valence-corrected chi connectivity index (χ3v) is 2.86. The van der Waals surface area contributed by atoms with Gasteiger partial charge in [0, 0.05) is 32.4 Å². The van der Waals surface area contributed by atoms with Gasteiger partial charge in [-0.15, -0.1) is 0 Å². The molecular weight excluding hydrogens is 188 g/mol. The van der Waals surface area contributed by atoms with Crippen LogP contribution in [0.4, 0.5) is 5.82 Å². The minimum Gasteiger partial charge on any atom is -0.361 e. The van der Waals surface area contributed by atoms with Gasteiger partial charge in [-0.1, -0.05) is 0 Å². The van der Waals surface area contributed by atoms with Crippen LogP contribution >= 0.6 is 0 Å². The zero-order chi connectivity index (χ0) is 10.7. The van der Waals surface area contributed by atoms with Crippen molar-refractivity contribution >= 4 is 5.82 Å². The predicted octanol–water partition coefficient (Wildman–Crippen LogP) is 1.01. The first-order valence-corrected chi connectivity index (χ1v) is 5.48. The van der Waals surface area contributed by atoms with Crippen molar-refractivity contribution in [3.05, 3.63) is 18.1 Å². The molecule has 4 nitrogen and oxygen atoms in total. The van der Waals surface area contributed by atoms with Crippen LogP contribution in [0.25, 0.3) is 0 Å². The molecule has 0 unspecified atom stereocenters. The van der Waals surface area contributed by atoms with Crippen LogP contribution in [0, 0.1) is 0 Å². The van der Waals surface area contributed by atoms with E-state index in [1.54, 1.807) is 12.4 Å². The number of aromatic nitrogens is 2. The van der Waals surface area contributed by atoms with E-state index in [0.717, 1.165) is 24.6 Å². The Hall–Kier alpha value is -1.16. The molecular formula is C11H18N4. The molecule has 0 radical (unpaired) electrons. The van der Waals surface area contributed by atoms with Crippen molar-refractivity contribution in [3.8, 4) is 0 Å². The molecule has 4 heteroatoms. The highest BCUT2D eigenvalue weighted by atomic mass is 15.1. The van der Waals surface area contributed by atoms with E-state index in [1.807, 2.05) is 19.0 Å². The maximum atomic E-state index is 4.49. The summed E-state index contributed by atoms with van der Waals surface area (Å²) in [5.74, 6) is 1.58. The van der Waals surface area contributed by atoms with Crippen LogP contribution in [0.15, 0.2) is 12.4 Å². The van der Waals surface area contributed by atoms with Gasteiger partial charge in [-0.05, 0) is 25.9 Å². The molecule has 0 aromatic carbocycles. The van der Waals surface area contributed by atoms with Gasteiger partial charge < -0.3 is 10.2 Å². The number of anilines is 1. The number of hydrogen-bond acceptors (Lipinski definition) is 4. The first-order valence-electron chi connectivity index (χ1n) is 5.48. The van der Waals surface area contributed by atoms with Crippen LogP contribution in [-0.4, -0.2) is 37.2 Å². The summed E-state index contributed by atoms with van der Waals surface area (Å²) in [6, 6.07) is 0. The van der Waals surface area contributed by atoms with E-state index in [9.17, 15) is 0 Å². The normalized spacial score (nSPS) is 17.7. The lowest BCUT2D eigenvalue weighted by Gasteiger charge is -2.25. The van der Waals surface area contributed by atoms with E-state index < -0.39 is 0 Å². The third-order valence-electron chi connectivity index (χ3n) is 2.86. The van der Waals surface area contributed by atoms with Crippen LogP contribution in [0.1, 0.15) is 24.5 Å². The molecule has 0 aliphatic carbocycles. The van der Waals surface area contributed by atoms with Crippen molar-refractivity contribution in [1.82, 2.24) is 15.3 Å². The molecule has 15 heavy (non-hydrogen) atoms. The highest BCUT2D eigenvalue weighted by Gasteiger charge is 2.20. The van der Waals surface area contributed by atoms with Gasteiger partial charge in [-0.25, -0.2) is 4.98 Å². The summed E-state index contributed by atoms with van der Waals surface area (Å²) in [5.41, 5.74) is 1.16. The molecule has 0 saturated carbocycles. The van der Waals surface area contributed by atoms with E-state index in [1.165, 1.54) is 12.8 Å². The Morgan fingerprint density at radius 3 is 2.53 bits per heavy atom. The van der Waals surface area contributed by atoms with Crippen molar-refractivity contribution in [1.29, 1.82) is 0 Å². The highest BCUT2D eigenvalue weighted by Crippen LogP contribution is 2.28. The molecule has 1 saturated heterocycles. The fourth-order valence-electron chi connectivity index (χ4n) is 2.07. The Morgan fingerprint density at radius 2 is 1.87 bits per heavy atom. The largest absolute Gasteiger partial charge is 0.361 e. The molecule has 82 valence electrons. The number of nitrogens with one attached hydrogen (secondary N) is 1. The Kier molecular flexibility index (Phi) is 3.16. The minimum atomic E-state index is 0.567. The van der Waals surface area contributed by atoms with Gasteiger partial charge in [-0.2, -0.15) is 0 Å². The zero-order valence-corrected chi connectivity index (χ0v) is 9.40. The van der Waals surface area contributed by atoms with Gasteiger partial charge in [-0.3, -0.25) is 4.98 Å². The molecule has 1 aliphatic rings. The Labute approximate surface area is 90.7 Å². The van der Waals surface area contributed by atoms with Crippen LogP contribution in [0.3, 0.4) is 0 Å². The third kappa shape index (κ3) is 2.26. The van der Waals surface area contributed by atoms with Crippen LogP contribution < -0.4 is 10.2 Å². The van der Waals surface area contributed by atoms with Gasteiger partial charge in [0.2, 0.25) is 0 Å². The van der Waals surface area contributed by atoms with Gasteiger partial charge in [0.25, 0.3) is 0 Å². The summed E-state index contributed by atoms with van der Waals surface area (Å²) < 4.78 is 0. The van der Waals surface area contributed by atoms with Crippen LogP contribution in [-0.2, 0) is 0 Å². The molecule has 0 atom stereocenters. The molecule has 1 aromatic rings. The highest BCUT2D eigenvalue weighted by molar-refractivity contribution is 5.43. The fourth-order valence-corrected chi connectivity index (χ4v) is 2.07. The van der Waals surface area contributed by atoms with E-state index in [0.29, 0.717) is 5.92 Å². The lowest BCUT2D eigenvalue weighted by Crippen LogP contribution is -2.28. The summed E-state index contributed by atoms with van der Waals surface area (Å²) in [7, 11) is 4.04. The van der Waals surface area contributed by atoms with Gasteiger partial charge >= 0.3 is 0 Å². The van der Waals surface area contributed by atoms with Crippen LogP contribution in [0.2, 0.25) is 0 Å². The van der Waals surface area contributed by atoms with Crippen molar-refractivity contribution in [2.75, 3.05) is 32.1 Å². The standard InChI is InChI=1S/C11H18N4/c1-15(2)11-10(13-7-8-14-11)9-3-5-12-6-4-9/h7-9,12H,3-6H2,1-2H3. The summed E-state index contributed by atoms with van der Waals surface area (Å²) in [5, 5.41) is 3.37. The summed E-state index contributed by atoms with van der Waals surface area (Å²) >= 11 is 0. The number of piperidine rings is 1. The predicted molar refractivity (Wildman–Crippen MR) is 61.2 cm³/mol. The Bertz CT molecular complexity index is 318. The second-order valence-electron chi connectivity index (χ2n) is 4.18. The summed E-state index contributed by atoms with van der Waals surface area (Å²) in [6.45, 7) is 2.18. The number of nitrogens with zero attached hydrogens (tertiary/aromatic N) is 3. The van der Waals surface area contributed by atoms with E-state index in [-0.39, 0.29) is 0 Å². The maximum absolute atomic E-state index is 4.49. The van der Waals surface area contributed by atoms with E-state index >= 15 is 0 Å². The lowest BCUT2D eigenvalue weighted by atomic mass is 9.94. The average molecular weight is 206 g/mol. The van der Waals surface area contributed by atoms with Crippen molar-refractivity contribution in [2.45, 2.75) is 18.8 Å². The van der Waals surface area contributed by atoms with Crippen molar-refractivity contribution in [2.24, 2.45) is 0 Å². The molecule has 1 aliphatic heterocycles. The maximum Gasteiger partial charge on any atom is 0.150 e. The number of hydrogen-bond donors (Lipinski definition) is 1. The average Bonchev–Trinajstić information content (AvgIpc) is 2.30. The summed E-state index contributed by atoms with van der Waals surface area (Å²) in [4.78, 5) is 10.9. The SMILES string of the molecule is CN(C)c1nccnc1C1CCNCC1. The molecule has 1 N–H and O–H groups in total. The zero-order valence-electron chi connectivity index (χ0n) is 9.40. The monoisotopic (exact) mass is 206 g/mol. The smallest absolute Gasteiger partial charge is 0.150 e. The van der Waals surface area contributed by atoms with E-state index in [2.05, 4.69) is 15.3 Å². The summed E-state index contributed by atoms with van der Waals surface area (Å²) in [6.07, 6.45) is 5.89. The Morgan fingerprint density at radius 1 is 1.20 bits per heavy atom. The molecule has 2 rings (SSSR count). The van der Waals surface area contributed by atoms with Crippen molar-refractivity contribution in [3.63, 3.8) is 0 Å². The first-order chi connectivity index (χ1) is 7.29. The van der Waals surface area contributed by atoms with Gasteiger partial charge in [0.05, 0.1) is 5.69 Å². The van der Waals surface area contributed by atoms with Gasteiger partial charge in [0.15, 0.2) is 0 Å². The van der Waals surface area contributed by atoms with Gasteiger partial charge in [0.1, 0.15) is 5.82 Å². The Balaban J connectivity index is 2.25. The lowest BCUT2D eigenvalue weighted by molar-refractivity contribution is 0.452. The van der Waals surface area contributed by atoms with Crippen LogP contribution in [0.5, 0.6) is 0 Å². The minimum absolute atomic E-state index is 0.567. The quantitative estimate of drug-likeness (QED) is 0.784. The number of rotatable bonds is 2. The molecule has 0 spiro atoms. The molecule has 0 amide bonds. The van der Waals surface area contributed by atoms with Crippen molar-refractivity contribution < 1.29 is 0 Å². The topological polar surface area (TPSA) is 41.1 Å². The second kappa shape index (κ2) is 4.57. The first kappa shape index (κ1) is 10.4. The second-order valence-corrected chi connectivity index (χ2v) is 4.18. The molecule has 1 aromatic heterocycles.